The number of hydrogen-bond acceptors (Lipinski definition) is 4. The van der Waals surface area contributed by atoms with Crippen LogP contribution in [0.3, 0.4) is 0 Å². The Morgan fingerprint density at radius 2 is 2.00 bits per heavy atom. The van der Waals surface area contributed by atoms with Crippen LogP contribution >= 0.6 is 0 Å². The summed E-state index contributed by atoms with van der Waals surface area (Å²) in [5, 5.41) is 2.66. The number of nitrogens with one attached hydrogen (secondary N) is 1. The van der Waals surface area contributed by atoms with E-state index in [1.807, 2.05) is 6.07 Å². The van der Waals surface area contributed by atoms with Crippen LogP contribution in [0, 0.1) is 11.8 Å². The molecule has 5 nitrogen and oxygen atoms in total. The minimum absolute atomic E-state index is 0.322. The third-order valence-electron chi connectivity index (χ3n) is 2.26. The molecular weight excluding hydrogens is 270 g/mol. The summed E-state index contributed by atoms with van der Waals surface area (Å²) in [5.41, 5.74) is 0.999. The SMILES string of the molecule is COC(=O)C#Cc1cccc(CNC(=O)OC(C)(C)C)c1. The first-order valence-corrected chi connectivity index (χ1v) is 6.46. The van der Waals surface area contributed by atoms with Crippen molar-refractivity contribution in [3.05, 3.63) is 35.4 Å². The average molecular weight is 289 g/mol. The van der Waals surface area contributed by atoms with Crippen LogP contribution in [0.2, 0.25) is 0 Å². The Labute approximate surface area is 124 Å². The highest BCUT2D eigenvalue weighted by molar-refractivity contribution is 5.89. The quantitative estimate of drug-likeness (QED) is 0.670. The van der Waals surface area contributed by atoms with Crippen molar-refractivity contribution in [1.29, 1.82) is 0 Å². The molecule has 0 radical (unpaired) electrons. The van der Waals surface area contributed by atoms with Gasteiger partial charge in [-0.2, -0.15) is 0 Å². The van der Waals surface area contributed by atoms with Crippen molar-refractivity contribution in [1.82, 2.24) is 5.32 Å². The first-order chi connectivity index (χ1) is 9.80. The molecule has 0 unspecified atom stereocenters. The fourth-order valence-electron chi connectivity index (χ4n) is 1.42. The second kappa shape index (κ2) is 7.34. The van der Waals surface area contributed by atoms with Crippen LogP contribution in [-0.4, -0.2) is 24.8 Å². The van der Waals surface area contributed by atoms with E-state index in [0.29, 0.717) is 12.1 Å². The lowest BCUT2D eigenvalue weighted by Crippen LogP contribution is -2.32. The number of ether oxygens (including phenoxy) is 2. The molecule has 0 aliphatic rings. The lowest BCUT2D eigenvalue weighted by atomic mass is 10.1. The van der Waals surface area contributed by atoms with Crippen LogP contribution < -0.4 is 5.32 Å². The van der Waals surface area contributed by atoms with Gasteiger partial charge in [0, 0.05) is 18.0 Å². The number of methoxy groups -OCH3 is 1. The van der Waals surface area contributed by atoms with Gasteiger partial charge in [-0.3, -0.25) is 0 Å². The van der Waals surface area contributed by atoms with Gasteiger partial charge >= 0.3 is 12.1 Å². The lowest BCUT2D eigenvalue weighted by Gasteiger charge is -2.19. The van der Waals surface area contributed by atoms with E-state index < -0.39 is 17.7 Å². The van der Waals surface area contributed by atoms with Gasteiger partial charge in [-0.15, -0.1) is 0 Å². The first-order valence-electron chi connectivity index (χ1n) is 6.46. The molecular formula is C16H19NO4. The molecule has 0 fully saturated rings. The molecule has 21 heavy (non-hydrogen) atoms. The van der Waals surface area contributed by atoms with Gasteiger partial charge in [-0.25, -0.2) is 9.59 Å². The van der Waals surface area contributed by atoms with Gasteiger partial charge in [-0.1, -0.05) is 18.1 Å². The van der Waals surface area contributed by atoms with Crippen molar-refractivity contribution >= 4 is 12.1 Å². The minimum atomic E-state index is -0.590. The molecule has 0 saturated carbocycles. The predicted molar refractivity (Wildman–Crippen MR) is 78.4 cm³/mol. The van der Waals surface area contributed by atoms with E-state index in [1.54, 1.807) is 39.0 Å². The zero-order chi connectivity index (χ0) is 15.9. The summed E-state index contributed by atoms with van der Waals surface area (Å²) in [4.78, 5) is 22.5. The van der Waals surface area contributed by atoms with Crippen molar-refractivity contribution in [3.8, 4) is 11.8 Å². The predicted octanol–water partition coefficient (Wildman–Crippen LogP) is 2.24. The zero-order valence-electron chi connectivity index (χ0n) is 12.6. The van der Waals surface area contributed by atoms with E-state index in [1.165, 1.54) is 7.11 Å². The third-order valence-corrected chi connectivity index (χ3v) is 2.26. The highest BCUT2D eigenvalue weighted by Crippen LogP contribution is 2.08. The molecule has 0 spiro atoms. The molecule has 0 saturated heterocycles. The molecule has 0 aliphatic heterocycles. The molecule has 1 N–H and O–H groups in total. The molecule has 1 aromatic rings. The van der Waals surface area contributed by atoms with Crippen molar-refractivity contribution in [2.45, 2.75) is 32.9 Å². The van der Waals surface area contributed by atoms with Crippen molar-refractivity contribution < 1.29 is 19.1 Å². The Morgan fingerprint density at radius 3 is 2.62 bits per heavy atom. The van der Waals surface area contributed by atoms with Crippen molar-refractivity contribution in [2.75, 3.05) is 7.11 Å². The summed E-state index contributed by atoms with van der Waals surface area (Å²) in [7, 11) is 1.28. The summed E-state index contributed by atoms with van der Waals surface area (Å²) < 4.78 is 9.59. The highest BCUT2D eigenvalue weighted by atomic mass is 16.6. The highest BCUT2D eigenvalue weighted by Gasteiger charge is 2.15. The summed E-state index contributed by atoms with van der Waals surface area (Å²) in [6, 6.07) is 7.20. The fourth-order valence-corrected chi connectivity index (χ4v) is 1.42. The number of esters is 1. The summed E-state index contributed by atoms with van der Waals surface area (Å²) in [6.45, 7) is 5.73. The average Bonchev–Trinajstić information content (AvgIpc) is 2.41. The van der Waals surface area contributed by atoms with E-state index >= 15 is 0 Å². The monoisotopic (exact) mass is 289 g/mol. The van der Waals surface area contributed by atoms with E-state index in [4.69, 9.17) is 4.74 Å². The number of carbonyl (C=O) groups excluding carboxylic acids is 2. The second-order valence-corrected chi connectivity index (χ2v) is 5.30. The van der Waals surface area contributed by atoms with Gasteiger partial charge < -0.3 is 14.8 Å². The molecule has 0 aromatic heterocycles. The van der Waals surface area contributed by atoms with Gasteiger partial charge in [0.1, 0.15) is 5.60 Å². The smallest absolute Gasteiger partial charge is 0.407 e. The largest absolute Gasteiger partial charge is 0.459 e. The Bertz CT molecular complexity index is 576. The molecule has 1 amide bonds. The van der Waals surface area contributed by atoms with E-state index in [9.17, 15) is 9.59 Å². The van der Waals surface area contributed by atoms with Gasteiger partial charge in [0.15, 0.2) is 0 Å². The molecule has 5 heteroatoms. The van der Waals surface area contributed by atoms with Crippen LogP contribution in [0.4, 0.5) is 4.79 Å². The Hall–Kier alpha value is -2.48. The second-order valence-electron chi connectivity index (χ2n) is 5.30. The molecule has 0 atom stereocenters. The van der Waals surface area contributed by atoms with Gasteiger partial charge in [0.2, 0.25) is 0 Å². The Morgan fingerprint density at radius 1 is 1.29 bits per heavy atom. The van der Waals surface area contributed by atoms with Gasteiger partial charge in [0.25, 0.3) is 0 Å². The number of alkyl carbamates (subject to hydrolysis) is 1. The van der Waals surface area contributed by atoms with Gasteiger partial charge in [0.05, 0.1) is 7.11 Å². The number of amides is 1. The van der Waals surface area contributed by atoms with Crippen molar-refractivity contribution in [3.63, 3.8) is 0 Å². The number of hydrogen-bond donors (Lipinski definition) is 1. The molecule has 0 aliphatic carbocycles. The molecule has 0 bridgehead atoms. The molecule has 1 rings (SSSR count). The Kier molecular flexibility index (Phi) is 5.79. The van der Waals surface area contributed by atoms with E-state index in [2.05, 4.69) is 21.9 Å². The van der Waals surface area contributed by atoms with Crippen molar-refractivity contribution in [2.24, 2.45) is 0 Å². The van der Waals surface area contributed by atoms with Crippen LogP contribution in [0.1, 0.15) is 31.9 Å². The minimum Gasteiger partial charge on any atom is -0.459 e. The van der Waals surface area contributed by atoms with Crippen LogP contribution in [0.25, 0.3) is 0 Å². The molecule has 1 aromatic carbocycles. The number of rotatable bonds is 2. The first kappa shape index (κ1) is 16.6. The topological polar surface area (TPSA) is 64.6 Å². The normalized spacial score (nSPS) is 10.1. The summed E-state index contributed by atoms with van der Waals surface area (Å²) in [6.07, 6.45) is -0.478. The lowest BCUT2D eigenvalue weighted by molar-refractivity contribution is -0.133. The Balaban J connectivity index is 2.62. The van der Waals surface area contributed by atoms with E-state index in [0.717, 1.165) is 5.56 Å². The van der Waals surface area contributed by atoms with E-state index in [-0.39, 0.29) is 0 Å². The van der Waals surface area contributed by atoms with Gasteiger partial charge in [-0.05, 0) is 38.5 Å². The maximum Gasteiger partial charge on any atom is 0.407 e. The standard InChI is InChI=1S/C16H19NO4/c1-16(2,3)21-15(19)17-11-13-7-5-6-12(10-13)8-9-14(18)20-4/h5-7,10H,11H2,1-4H3,(H,17,19). The maximum absolute atomic E-state index is 11.5. The van der Waals surface area contributed by atoms with Crippen LogP contribution in [-0.2, 0) is 20.8 Å². The maximum atomic E-state index is 11.5. The van der Waals surface area contributed by atoms with Crippen LogP contribution in [0.15, 0.2) is 24.3 Å². The number of benzene rings is 1. The fraction of sp³-hybridized carbons (Fsp3) is 0.375. The molecule has 112 valence electrons. The third kappa shape index (κ3) is 7.02. The summed E-state index contributed by atoms with van der Waals surface area (Å²) in [5.74, 6) is 4.45. The summed E-state index contributed by atoms with van der Waals surface area (Å²) >= 11 is 0. The van der Waals surface area contributed by atoms with Crippen LogP contribution in [0.5, 0.6) is 0 Å². The zero-order valence-corrected chi connectivity index (χ0v) is 12.6. The number of carbonyl (C=O) groups is 2. The molecule has 0 heterocycles.